The molecule has 0 aliphatic carbocycles. The molecule has 0 atom stereocenters. The molecule has 0 aliphatic heterocycles. The van der Waals surface area contributed by atoms with Crippen LogP contribution in [0.3, 0.4) is 0 Å². The van der Waals surface area contributed by atoms with E-state index in [1.54, 1.807) is 12.1 Å². The van der Waals surface area contributed by atoms with E-state index in [1.165, 1.54) is 12.1 Å². The lowest BCUT2D eigenvalue weighted by molar-refractivity contribution is 0.585. The van der Waals surface area contributed by atoms with Crippen LogP contribution in [0.25, 0.3) is 33.6 Å². The molecule has 28 heavy (non-hydrogen) atoms. The van der Waals surface area contributed by atoms with Crippen molar-refractivity contribution < 1.29 is 17.6 Å². The molecule has 0 saturated carbocycles. The highest BCUT2D eigenvalue weighted by Crippen LogP contribution is 2.32. The zero-order valence-electron chi connectivity index (χ0n) is 14.5. The zero-order valence-corrected chi connectivity index (χ0v) is 14.5. The highest BCUT2D eigenvalue weighted by molar-refractivity contribution is 5.76. The molecular weight excluding hydrogens is 366 g/mol. The Labute approximate surface area is 158 Å². The van der Waals surface area contributed by atoms with Gasteiger partial charge in [0.15, 0.2) is 0 Å². The standard InChI is InChI=1S/C23H13F4N/c24-16-6-8-18(20(26)12-16)22-10-15(14-4-2-1-3-5-14)11-23(28-22)19-9-7-17(25)13-21(19)27/h1-13H. The largest absolute Gasteiger partial charge is 0.248 e. The number of hydrogen-bond donors (Lipinski definition) is 0. The summed E-state index contributed by atoms with van der Waals surface area (Å²) in [4.78, 5) is 4.36. The highest BCUT2D eigenvalue weighted by Gasteiger charge is 2.15. The summed E-state index contributed by atoms with van der Waals surface area (Å²) in [5.41, 5.74) is 2.10. The quantitative estimate of drug-likeness (QED) is 0.364. The summed E-state index contributed by atoms with van der Waals surface area (Å²) in [6, 6.07) is 18.9. The van der Waals surface area contributed by atoms with Crippen LogP contribution in [0.2, 0.25) is 0 Å². The van der Waals surface area contributed by atoms with Crippen LogP contribution in [-0.4, -0.2) is 4.98 Å². The minimum atomic E-state index is -0.775. The van der Waals surface area contributed by atoms with Crippen molar-refractivity contribution in [1.29, 1.82) is 0 Å². The molecule has 1 heterocycles. The van der Waals surface area contributed by atoms with Crippen molar-refractivity contribution in [2.45, 2.75) is 0 Å². The fourth-order valence-corrected chi connectivity index (χ4v) is 3.00. The number of rotatable bonds is 3. The predicted molar refractivity (Wildman–Crippen MR) is 100 cm³/mol. The van der Waals surface area contributed by atoms with Gasteiger partial charge in [-0.25, -0.2) is 22.5 Å². The van der Waals surface area contributed by atoms with Crippen molar-refractivity contribution in [3.63, 3.8) is 0 Å². The van der Waals surface area contributed by atoms with Gasteiger partial charge in [-0.3, -0.25) is 0 Å². The molecule has 0 unspecified atom stereocenters. The lowest BCUT2D eigenvalue weighted by Gasteiger charge is -2.11. The SMILES string of the molecule is Fc1ccc(-c2cc(-c3ccccc3)cc(-c3ccc(F)cc3F)n2)c(F)c1. The van der Waals surface area contributed by atoms with E-state index in [4.69, 9.17) is 0 Å². The average Bonchev–Trinajstić information content (AvgIpc) is 2.68. The van der Waals surface area contributed by atoms with Crippen molar-refractivity contribution >= 4 is 0 Å². The van der Waals surface area contributed by atoms with Gasteiger partial charge < -0.3 is 0 Å². The van der Waals surface area contributed by atoms with Gasteiger partial charge in [0.05, 0.1) is 11.4 Å². The van der Waals surface area contributed by atoms with Crippen LogP contribution in [0.1, 0.15) is 0 Å². The third-order valence-electron chi connectivity index (χ3n) is 4.35. The Morgan fingerprint density at radius 1 is 0.500 bits per heavy atom. The van der Waals surface area contributed by atoms with Gasteiger partial charge in [0.1, 0.15) is 23.3 Å². The van der Waals surface area contributed by atoms with Crippen molar-refractivity contribution in [2.24, 2.45) is 0 Å². The van der Waals surface area contributed by atoms with E-state index in [1.807, 2.05) is 30.3 Å². The summed E-state index contributed by atoms with van der Waals surface area (Å²) in [5.74, 6) is -2.96. The molecule has 138 valence electrons. The molecule has 0 saturated heterocycles. The van der Waals surface area contributed by atoms with Gasteiger partial charge in [0, 0.05) is 23.3 Å². The zero-order chi connectivity index (χ0) is 19.7. The first-order valence-corrected chi connectivity index (χ1v) is 8.49. The van der Waals surface area contributed by atoms with Crippen LogP contribution in [0.5, 0.6) is 0 Å². The fourth-order valence-electron chi connectivity index (χ4n) is 3.00. The first-order chi connectivity index (χ1) is 13.5. The maximum Gasteiger partial charge on any atom is 0.135 e. The Kier molecular flexibility index (Phi) is 4.65. The molecule has 1 aromatic heterocycles. The maximum atomic E-state index is 14.3. The van der Waals surface area contributed by atoms with Crippen LogP contribution >= 0.6 is 0 Å². The number of halogens is 4. The summed E-state index contributed by atoms with van der Waals surface area (Å²) in [6.07, 6.45) is 0. The average molecular weight is 379 g/mol. The van der Waals surface area contributed by atoms with Crippen molar-refractivity contribution in [3.8, 4) is 33.6 Å². The summed E-state index contributed by atoms with van der Waals surface area (Å²) >= 11 is 0. The molecule has 5 heteroatoms. The van der Waals surface area contributed by atoms with Crippen molar-refractivity contribution in [3.05, 3.63) is 102 Å². The van der Waals surface area contributed by atoms with Gasteiger partial charge in [0.2, 0.25) is 0 Å². The molecule has 1 nitrogen and oxygen atoms in total. The van der Waals surface area contributed by atoms with Gasteiger partial charge in [-0.1, -0.05) is 30.3 Å². The van der Waals surface area contributed by atoms with E-state index in [0.717, 1.165) is 29.8 Å². The summed E-state index contributed by atoms with van der Waals surface area (Å²) in [5, 5.41) is 0. The maximum absolute atomic E-state index is 14.3. The molecule has 0 N–H and O–H groups in total. The molecule has 0 spiro atoms. The normalized spacial score (nSPS) is 10.9. The number of hydrogen-bond acceptors (Lipinski definition) is 1. The second-order valence-electron chi connectivity index (χ2n) is 6.24. The fraction of sp³-hybridized carbons (Fsp3) is 0. The van der Waals surface area contributed by atoms with E-state index < -0.39 is 23.3 Å². The number of aromatic nitrogens is 1. The van der Waals surface area contributed by atoms with Gasteiger partial charge in [-0.2, -0.15) is 0 Å². The molecule has 0 amide bonds. The molecule has 3 aromatic carbocycles. The summed E-state index contributed by atoms with van der Waals surface area (Å²) < 4.78 is 55.3. The number of benzene rings is 3. The molecule has 0 fully saturated rings. The third-order valence-corrected chi connectivity index (χ3v) is 4.35. The predicted octanol–water partition coefficient (Wildman–Crippen LogP) is 6.64. The summed E-state index contributed by atoms with van der Waals surface area (Å²) in [6.45, 7) is 0. The summed E-state index contributed by atoms with van der Waals surface area (Å²) in [7, 11) is 0. The van der Waals surface area contributed by atoms with Gasteiger partial charge in [0.25, 0.3) is 0 Å². The van der Waals surface area contributed by atoms with Crippen LogP contribution in [-0.2, 0) is 0 Å². The van der Waals surface area contributed by atoms with Crippen LogP contribution in [0, 0.1) is 23.3 Å². The lowest BCUT2D eigenvalue weighted by atomic mass is 9.99. The van der Waals surface area contributed by atoms with E-state index >= 15 is 0 Å². The van der Waals surface area contributed by atoms with Crippen LogP contribution in [0.4, 0.5) is 17.6 Å². The Hall–Kier alpha value is -3.47. The smallest absolute Gasteiger partial charge is 0.135 e. The Morgan fingerprint density at radius 3 is 1.46 bits per heavy atom. The Morgan fingerprint density at radius 2 is 1.00 bits per heavy atom. The van der Waals surface area contributed by atoms with E-state index in [-0.39, 0.29) is 22.5 Å². The van der Waals surface area contributed by atoms with Crippen LogP contribution < -0.4 is 0 Å². The monoisotopic (exact) mass is 379 g/mol. The lowest BCUT2D eigenvalue weighted by Crippen LogP contribution is -1.95. The second-order valence-corrected chi connectivity index (χ2v) is 6.24. The molecule has 0 radical (unpaired) electrons. The Bertz CT molecular complexity index is 1090. The third kappa shape index (κ3) is 3.51. The van der Waals surface area contributed by atoms with E-state index in [0.29, 0.717) is 5.56 Å². The van der Waals surface area contributed by atoms with Gasteiger partial charge in [-0.15, -0.1) is 0 Å². The molecule has 4 rings (SSSR count). The molecule has 0 bridgehead atoms. The number of pyridine rings is 1. The van der Waals surface area contributed by atoms with Crippen molar-refractivity contribution in [2.75, 3.05) is 0 Å². The van der Waals surface area contributed by atoms with Crippen molar-refractivity contribution in [1.82, 2.24) is 4.98 Å². The number of nitrogens with zero attached hydrogens (tertiary/aromatic N) is 1. The first-order valence-electron chi connectivity index (χ1n) is 8.49. The van der Waals surface area contributed by atoms with Gasteiger partial charge in [-0.05, 0) is 47.5 Å². The Balaban J connectivity index is 1.96. The van der Waals surface area contributed by atoms with E-state index in [2.05, 4.69) is 4.98 Å². The molecule has 4 aromatic rings. The van der Waals surface area contributed by atoms with E-state index in [9.17, 15) is 17.6 Å². The minimum Gasteiger partial charge on any atom is -0.248 e. The second kappa shape index (κ2) is 7.27. The minimum absolute atomic E-state index is 0.0861. The van der Waals surface area contributed by atoms with Gasteiger partial charge >= 0.3 is 0 Å². The molecular formula is C23H13F4N. The molecule has 0 aliphatic rings. The topological polar surface area (TPSA) is 12.9 Å². The highest BCUT2D eigenvalue weighted by atomic mass is 19.1. The first kappa shape index (κ1) is 17.9. The van der Waals surface area contributed by atoms with Crippen LogP contribution in [0.15, 0.2) is 78.9 Å².